The van der Waals surface area contributed by atoms with E-state index in [1.54, 1.807) is 0 Å². The van der Waals surface area contributed by atoms with E-state index in [1.165, 1.54) is 5.56 Å². The number of rotatable bonds is 5. The second-order valence-corrected chi connectivity index (χ2v) is 5.02. The Labute approximate surface area is 110 Å². The lowest BCUT2D eigenvalue weighted by atomic mass is 10.0. The second-order valence-electron chi connectivity index (χ2n) is 5.02. The van der Waals surface area contributed by atoms with E-state index in [4.69, 9.17) is 4.74 Å². The van der Waals surface area contributed by atoms with Gasteiger partial charge in [0.05, 0.1) is 12.2 Å². The number of anilines is 1. The molecule has 0 aliphatic carbocycles. The Morgan fingerprint density at radius 1 is 1.44 bits per heavy atom. The summed E-state index contributed by atoms with van der Waals surface area (Å²) in [5.41, 5.74) is 2.49. The molecule has 1 aliphatic heterocycles. The van der Waals surface area contributed by atoms with Gasteiger partial charge < -0.3 is 15.4 Å². The van der Waals surface area contributed by atoms with Gasteiger partial charge in [-0.25, -0.2) is 0 Å². The molecule has 1 aromatic rings. The maximum atomic E-state index is 5.91. The summed E-state index contributed by atoms with van der Waals surface area (Å²) < 4.78 is 5.91. The van der Waals surface area contributed by atoms with E-state index in [9.17, 15) is 0 Å². The number of fused-ring (bicyclic) bond motifs is 1. The van der Waals surface area contributed by atoms with E-state index in [0.717, 1.165) is 37.4 Å². The third-order valence-corrected chi connectivity index (χ3v) is 3.41. The molecular formula is C15H24N2O. The average Bonchev–Trinajstić information content (AvgIpc) is 2.38. The third-order valence-electron chi connectivity index (χ3n) is 3.41. The van der Waals surface area contributed by atoms with E-state index in [1.807, 2.05) is 0 Å². The standard InChI is InChI=1S/C15H24N2O/c1-4-13-10-17-14-9-12(6-7-15(14)18-13)8-11(3)16-5-2/h6-7,9,11,13,16-17H,4-5,8,10H2,1-3H3. The zero-order chi connectivity index (χ0) is 13.0. The van der Waals surface area contributed by atoms with E-state index in [-0.39, 0.29) is 0 Å². The van der Waals surface area contributed by atoms with Crippen molar-refractivity contribution in [3.63, 3.8) is 0 Å². The van der Waals surface area contributed by atoms with Gasteiger partial charge in [0.1, 0.15) is 11.9 Å². The van der Waals surface area contributed by atoms with Gasteiger partial charge in [-0.2, -0.15) is 0 Å². The maximum Gasteiger partial charge on any atom is 0.142 e. The Morgan fingerprint density at radius 2 is 2.28 bits per heavy atom. The van der Waals surface area contributed by atoms with Crippen LogP contribution in [0.4, 0.5) is 5.69 Å². The van der Waals surface area contributed by atoms with Crippen molar-refractivity contribution in [2.75, 3.05) is 18.4 Å². The molecular weight excluding hydrogens is 224 g/mol. The fourth-order valence-electron chi connectivity index (χ4n) is 2.39. The molecule has 18 heavy (non-hydrogen) atoms. The normalized spacial score (nSPS) is 19.6. The Kier molecular flexibility index (Phi) is 4.48. The molecule has 0 fully saturated rings. The molecule has 3 nitrogen and oxygen atoms in total. The van der Waals surface area contributed by atoms with Gasteiger partial charge in [-0.05, 0) is 44.0 Å². The fourth-order valence-corrected chi connectivity index (χ4v) is 2.39. The van der Waals surface area contributed by atoms with Gasteiger partial charge in [0, 0.05) is 6.04 Å². The molecule has 1 aliphatic rings. The quantitative estimate of drug-likeness (QED) is 0.840. The zero-order valence-electron chi connectivity index (χ0n) is 11.6. The summed E-state index contributed by atoms with van der Waals surface area (Å²) in [6.07, 6.45) is 2.41. The summed E-state index contributed by atoms with van der Waals surface area (Å²) in [4.78, 5) is 0. The van der Waals surface area contributed by atoms with Crippen molar-refractivity contribution in [2.24, 2.45) is 0 Å². The number of likely N-dealkylation sites (N-methyl/N-ethyl adjacent to an activating group) is 1. The molecule has 0 amide bonds. The first-order chi connectivity index (χ1) is 8.72. The van der Waals surface area contributed by atoms with E-state index in [0.29, 0.717) is 12.1 Å². The van der Waals surface area contributed by atoms with Crippen LogP contribution in [0.3, 0.4) is 0 Å². The highest BCUT2D eigenvalue weighted by molar-refractivity contribution is 5.59. The minimum atomic E-state index is 0.309. The number of hydrogen-bond donors (Lipinski definition) is 2. The van der Waals surface area contributed by atoms with Crippen LogP contribution in [-0.2, 0) is 6.42 Å². The summed E-state index contributed by atoms with van der Waals surface area (Å²) in [6.45, 7) is 8.45. The minimum Gasteiger partial charge on any atom is -0.486 e. The van der Waals surface area contributed by atoms with Crippen molar-refractivity contribution in [1.82, 2.24) is 5.32 Å². The van der Waals surface area contributed by atoms with Crippen molar-refractivity contribution in [3.05, 3.63) is 23.8 Å². The van der Waals surface area contributed by atoms with Gasteiger partial charge in [0.25, 0.3) is 0 Å². The van der Waals surface area contributed by atoms with Crippen LogP contribution in [0, 0.1) is 0 Å². The predicted octanol–water partition coefficient (Wildman–Crippen LogP) is 2.81. The van der Waals surface area contributed by atoms with Gasteiger partial charge in [-0.3, -0.25) is 0 Å². The Balaban J connectivity index is 2.04. The lowest BCUT2D eigenvalue weighted by Gasteiger charge is -2.27. The summed E-state index contributed by atoms with van der Waals surface area (Å²) in [7, 11) is 0. The molecule has 1 heterocycles. The lowest BCUT2D eigenvalue weighted by Crippen LogP contribution is -2.30. The molecule has 0 saturated heterocycles. The van der Waals surface area contributed by atoms with Crippen LogP contribution in [-0.4, -0.2) is 25.2 Å². The van der Waals surface area contributed by atoms with Crippen LogP contribution < -0.4 is 15.4 Å². The van der Waals surface area contributed by atoms with Crippen LogP contribution in [0.25, 0.3) is 0 Å². The highest BCUT2D eigenvalue weighted by Gasteiger charge is 2.17. The van der Waals surface area contributed by atoms with Crippen LogP contribution in [0.2, 0.25) is 0 Å². The summed E-state index contributed by atoms with van der Waals surface area (Å²) in [5, 5.41) is 6.90. The molecule has 2 atom stereocenters. The Bertz CT molecular complexity index is 392. The van der Waals surface area contributed by atoms with Crippen molar-refractivity contribution >= 4 is 5.69 Å². The lowest BCUT2D eigenvalue weighted by molar-refractivity contribution is 0.202. The van der Waals surface area contributed by atoms with Gasteiger partial charge in [0.2, 0.25) is 0 Å². The first-order valence-corrected chi connectivity index (χ1v) is 6.99. The topological polar surface area (TPSA) is 33.3 Å². The molecule has 2 rings (SSSR count). The van der Waals surface area contributed by atoms with Crippen LogP contribution in [0.5, 0.6) is 5.75 Å². The van der Waals surface area contributed by atoms with E-state index >= 15 is 0 Å². The summed E-state index contributed by atoms with van der Waals surface area (Å²) >= 11 is 0. The molecule has 100 valence electrons. The smallest absolute Gasteiger partial charge is 0.142 e. The first kappa shape index (κ1) is 13.2. The van der Waals surface area contributed by atoms with Crippen molar-refractivity contribution < 1.29 is 4.74 Å². The highest BCUT2D eigenvalue weighted by atomic mass is 16.5. The maximum absolute atomic E-state index is 5.91. The number of benzene rings is 1. The van der Waals surface area contributed by atoms with Gasteiger partial charge in [-0.1, -0.05) is 19.9 Å². The molecule has 1 aromatic carbocycles. The number of nitrogens with one attached hydrogen (secondary N) is 2. The molecule has 0 radical (unpaired) electrons. The van der Waals surface area contributed by atoms with Crippen LogP contribution >= 0.6 is 0 Å². The second kappa shape index (κ2) is 6.10. The summed E-state index contributed by atoms with van der Waals surface area (Å²) in [5.74, 6) is 0.993. The van der Waals surface area contributed by atoms with Crippen molar-refractivity contribution in [2.45, 2.75) is 45.8 Å². The van der Waals surface area contributed by atoms with E-state index < -0.39 is 0 Å². The fraction of sp³-hybridized carbons (Fsp3) is 0.600. The highest BCUT2D eigenvalue weighted by Crippen LogP contribution is 2.30. The molecule has 0 spiro atoms. The van der Waals surface area contributed by atoms with Crippen molar-refractivity contribution in [3.8, 4) is 5.75 Å². The molecule has 2 N–H and O–H groups in total. The largest absolute Gasteiger partial charge is 0.486 e. The van der Waals surface area contributed by atoms with Gasteiger partial charge in [-0.15, -0.1) is 0 Å². The Hall–Kier alpha value is -1.22. The SMILES string of the molecule is CCNC(C)Cc1ccc2c(c1)NCC(CC)O2. The third kappa shape index (κ3) is 3.16. The monoisotopic (exact) mass is 248 g/mol. The first-order valence-electron chi connectivity index (χ1n) is 6.99. The summed E-state index contributed by atoms with van der Waals surface area (Å²) in [6, 6.07) is 7.00. The minimum absolute atomic E-state index is 0.309. The van der Waals surface area contributed by atoms with Crippen LogP contribution in [0.1, 0.15) is 32.8 Å². The molecule has 3 heteroatoms. The average molecular weight is 248 g/mol. The predicted molar refractivity (Wildman–Crippen MR) is 76.5 cm³/mol. The molecule has 0 aromatic heterocycles. The zero-order valence-corrected chi connectivity index (χ0v) is 11.6. The number of hydrogen-bond acceptors (Lipinski definition) is 3. The van der Waals surface area contributed by atoms with Crippen molar-refractivity contribution in [1.29, 1.82) is 0 Å². The van der Waals surface area contributed by atoms with Gasteiger partial charge >= 0.3 is 0 Å². The molecule has 0 bridgehead atoms. The van der Waals surface area contributed by atoms with Gasteiger partial charge in [0.15, 0.2) is 0 Å². The molecule has 2 unspecified atom stereocenters. The Morgan fingerprint density at radius 3 is 3.00 bits per heavy atom. The number of ether oxygens (including phenoxy) is 1. The van der Waals surface area contributed by atoms with Crippen LogP contribution in [0.15, 0.2) is 18.2 Å². The van der Waals surface area contributed by atoms with E-state index in [2.05, 4.69) is 49.6 Å². The molecule has 0 saturated carbocycles.